The van der Waals surface area contributed by atoms with Gasteiger partial charge in [0.25, 0.3) is 0 Å². The zero-order valence-electron chi connectivity index (χ0n) is 13.0. The predicted molar refractivity (Wildman–Crippen MR) is 99.7 cm³/mol. The molecule has 0 bridgehead atoms. The second-order valence-electron chi connectivity index (χ2n) is 5.95. The van der Waals surface area contributed by atoms with Crippen molar-refractivity contribution >= 4 is 27.7 Å². The molecule has 3 aromatic rings. The molecule has 0 fully saturated rings. The second kappa shape index (κ2) is 6.29. The van der Waals surface area contributed by atoms with E-state index in [9.17, 15) is 4.39 Å². The van der Waals surface area contributed by atoms with Gasteiger partial charge in [-0.05, 0) is 40.5 Å². The van der Waals surface area contributed by atoms with Gasteiger partial charge in [-0.1, -0.05) is 66.4 Å². The van der Waals surface area contributed by atoms with E-state index in [1.165, 1.54) is 28.5 Å². The maximum Gasteiger partial charge on any atom is 0.155 e. The number of benzene rings is 3. The third-order valence-electron chi connectivity index (χ3n) is 4.41. The molecule has 2 nitrogen and oxygen atoms in total. The Balaban J connectivity index is 1.72. The van der Waals surface area contributed by atoms with Crippen LogP contribution in [0.15, 0.2) is 71.7 Å². The minimum absolute atomic E-state index is 0.0207. The van der Waals surface area contributed by atoms with Gasteiger partial charge >= 0.3 is 0 Å². The molecule has 0 saturated carbocycles. The molecule has 1 aliphatic rings. The number of nitrogens with zero attached hydrogens (tertiary/aromatic N) is 1. The SMILES string of the molecule is NC1=N[C@H](c2cccc3ccccc23)C[C@H](c2ccc(F)cc2)S1. The molecule has 2 atom stereocenters. The van der Waals surface area contributed by atoms with Gasteiger partial charge in [0.2, 0.25) is 0 Å². The van der Waals surface area contributed by atoms with Crippen LogP contribution in [0.25, 0.3) is 10.8 Å². The Bertz CT molecular complexity index is 900. The molecule has 2 N–H and O–H groups in total. The van der Waals surface area contributed by atoms with Gasteiger partial charge in [0, 0.05) is 5.25 Å². The quantitative estimate of drug-likeness (QED) is 0.697. The summed E-state index contributed by atoms with van der Waals surface area (Å²) in [5.41, 5.74) is 8.39. The van der Waals surface area contributed by atoms with E-state index in [1.807, 2.05) is 24.3 Å². The monoisotopic (exact) mass is 336 g/mol. The molecule has 4 heteroatoms. The summed E-state index contributed by atoms with van der Waals surface area (Å²) in [6, 6.07) is 21.3. The summed E-state index contributed by atoms with van der Waals surface area (Å²) < 4.78 is 13.2. The number of rotatable bonds is 2. The number of aliphatic imine (C=N–C) groups is 1. The number of fused-ring (bicyclic) bond motifs is 1. The van der Waals surface area contributed by atoms with Crippen LogP contribution in [0.2, 0.25) is 0 Å². The van der Waals surface area contributed by atoms with Gasteiger partial charge in [-0.25, -0.2) is 4.39 Å². The fraction of sp³-hybridized carbons (Fsp3) is 0.150. The van der Waals surface area contributed by atoms with Gasteiger partial charge < -0.3 is 5.73 Å². The Morgan fingerprint density at radius 3 is 2.54 bits per heavy atom. The molecule has 1 heterocycles. The van der Waals surface area contributed by atoms with Gasteiger partial charge in [-0.3, -0.25) is 4.99 Å². The first kappa shape index (κ1) is 15.2. The van der Waals surface area contributed by atoms with Gasteiger partial charge in [0.1, 0.15) is 5.82 Å². The van der Waals surface area contributed by atoms with Crippen molar-refractivity contribution in [2.45, 2.75) is 17.7 Å². The topological polar surface area (TPSA) is 38.4 Å². The molecule has 3 aromatic carbocycles. The molecule has 0 radical (unpaired) electrons. The fourth-order valence-corrected chi connectivity index (χ4v) is 4.30. The van der Waals surface area contributed by atoms with Crippen molar-refractivity contribution in [1.82, 2.24) is 0 Å². The Hall–Kier alpha value is -2.33. The number of hydrogen-bond acceptors (Lipinski definition) is 3. The van der Waals surface area contributed by atoms with E-state index in [0.29, 0.717) is 5.17 Å². The lowest BCUT2D eigenvalue weighted by Crippen LogP contribution is -2.18. The Labute approximate surface area is 144 Å². The highest BCUT2D eigenvalue weighted by molar-refractivity contribution is 8.14. The van der Waals surface area contributed by atoms with Crippen LogP contribution >= 0.6 is 11.8 Å². The molecule has 120 valence electrons. The molecule has 0 spiro atoms. The van der Waals surface area contributed by atoms with Crippen molar-refractivity contribution in [3.05, 3.63) is 83.7 Å². The van der Waals surface area contributed by atoms with Gasteiger partial charge in [0.15, 0.2) is 5.17 Å². The van der Waals surface area contributed by atoms with Crippen LogP contribution < -0.4 is 5.73 Å². The molecular formula is C20H17FN2S. The van der Waals surface area contributed by atoms with Crippen LogP contribution in [0.3, 0.4) is 0 Å². The van der Waals surface area contributed by atoms with Crippen molar-refractivity contribution in [3.63, 3.8) is 0 Å². The van der Waals surface area contributed by atoms with E-state index in [0.717, 1.165) is 12.0 Å². The molecule has 0 amide bonds. The van der Waals surface area contributed by atoms with Crippen LogP contribution in [0.4, 0.5) is 4.39 Å². The van der Waals surface area contributed by atoms with Crippen LogP contribution in [-0.4, -0.2) is 5.17 Å². The molecule has 0 saturated heterocycles. The maximum atomic E-state index is 13.2. The van der Waals surface area contributed by atoms with Crippen LogP contribution in [-0.2, 0) is 0 Å². The predicted octanol–water partition coefficient (Wildman–Crippen LogP) is 5.21. The maximum absolute atomic E-state index is 13.2. The lowest BCUT2D eigenvalue weighted by molar-refractivity contribution is 0.622. The minimum Gasteiger partial charge on any atom is -0.379 e. The highest BCUT2D eigenvalue weighted by Crippen LogP contribution is 2.44. The summed E-state index contributed by atoms with van der Waals surface area (Å²) >= 11 is 1.55. The number of amidine groups is 1. The Morgan fingerprint density at radius 2 is 1.71 bits per heavy atom. The molecule has 1 aliphatic heterocycles. The van der Waals surface area contributed by atoms with Crippen molar-refractivity contribution in [3.8, 4) is 0 Å². The zero-order valence-corrected chi connectivity index (χ0v) is 13.8. The van der Waals surface area contributed by atoms with Gasteiger partial charge in [0.05, 0.1) is 6.04 Å². The highest BCUT2D eigenvalue weighted by Gasteiger charge is 2.26. The molecule has 0 unspecified atom stereocenters. The van der Waals surface area contributed by atoms with Crippen molar-refractivity contribution in [2.24, 2.45) is 10.7 Å². The first-order valence-electron chi connectivity index (χ1n) is 7.94. The third kappa shape index (κ3) is 2.89. The van der Waals surface area contributed by atoms with Crippen LogP contribution in [0.5, 0.6) is 0 Å². The Kier molecular flexibility index (Phi) is 3.98. The first-order chi connectivity index (χ1) is 11.7. The summed E-state index contributed by atoms with van der Waals surface area (Å²) in [6.45, 7) is 0. The number of nitrogens with two attached hydrogens (primary N) is 1. The number of halogens is 1. The van der Waals surface area contributed by atoms with Crippen molar-refractivity contribution in [1.29, 1.82) is 0 Å². The third-order valence-corrected chi connectivity index (χ3v) is 5.50. The summed E-state index contributed by atoms with van der Waals surface area (Å²) in [4.78, 5) is 4.68. The van der Waals surface area contributed by atoms with E-state index < -0.39 is 0 Å². The van der Waals surface area contributed by atoms with Crippen molar-refractivity contribution < 1.29 is 4.39 Å². The van der Waals surface area contributed by atoms with E-state index in [2.05, 4.69) is 35.3 Å². The first-order valence-corrected chi connectivity index (χ1v) is 8.82. The molecule has 4 rings (SSSR count). The Morgan fingerprint density at radius 1 is 0.958 bits per heavy atom. The smallest absolute Gasteiger partial charge is 0.155 e. The second-order valence-corrected chi connectivity index (χ2v) is 7.17. The van der Waals surface area contributed by atoms with E-state index in [-0.39, 0.29) is 17.1 Å². The average molecular weight is 336 g/mol. The molecule has 0 aliphatic carbocycles. The van der Waals surface area contributed by atoms with E-state index >= 15 is 0 Å². The number of thioether (sulfide) groups is 1. The lowest BCUT2D eigenvalue weighted by atomic mass is 9.94. The van der Waals surface area contributed by atoms with Gasteiger partial charge in [-0.15, -0.1) is 0 Å². The largest absolute Gasteiger partial charge is 0.379 e. The lowest BCUT2D eigenvalue weighted by Gasteiger charge is -2.27. The number of hydrogen-bond donors (Lipinski definition) is 1. The average Bonchev–Trinajstić information content (AvgIpc) is 2.61. The van der Waals surface area contributed by atoms with E-state index in [1.54, 1.807) is 11.8 Å². The standard InChI is InChI=1S/C20H17FN2S/c21-15-10-8-14(9-11-15)19-12-18(23-20(22)24-19)17-7-3-5-13-4-1-2-6-16(13)17/h1-11,18-19H,12H2,(H2,22,23)/t18-,19+/m0/s1. The minimum atomic E-state index is -0.216. The highest BCUT2D eigenvalue weighted by atomic mass is 32.2. The van der Waals surface area contributed by atoms with Crippen molar-refractivity contribution in [2.75, 3.05) is 0 Å². The summed E-state index contributed by atoms with van der Waals surface area (Å²) in [7, 11) is 0. The summed E-state index contributed by atoms with van der Waals surface area (Å²) in [6.07, 6.45) is 0.852. The van der Waals surface area contributed by atoms with Gasteiger partial charge in [-0.2, -0.15) is 0 Å². The van der Waals surface area contributed by atoms with E-state index in [4.69, 9.17) is 5.73 Å². The molecular weight excluding hydrogens is 319 g/mol. The fourth-order valence-electron chi connectivity index (χ4n) is 3.25. The van der Waals surface area contributed by atoms with Crippen LogP contribution in [0.1, 0.15) is 28.8 Å². The molecule has 0 aromatic heterocycles. The van der Waals surface area contributed by atoms with Crippen LogP contribution in [0, 0.1) is 5.82 Å². The normalized spacial score (nSPS) is 20.8. The summed E-state index contributed by atoms with van der Waals surface area (Å²) in [5.74, 6) is -0.216. The zero-order chi connectivity index (χ0) is 16.5. The molecule has 24 heavy (non-hydrogen) atoms. The summed E-state index contributed by atoms with van der Waals surface area (Å²) in [5, 5.41) is 3.20.